The minimum absolute atomic E-state index is 0.308. The normalized spacial score (nSPS) is 10.8. The number of rotatable bonds is 2. The Bertz CT molecular complexity index is 795. The van der Waals surface area contributed by atoms with Gasteiger partial charge in [-0.15, -0.1) is 5.10 Å². The lowest BCUT2D eigenvalue weighted by molar-refractivity contribution is 0.628. The number of hydrogen-bond donors (Lipinski definition) is 1. The third kappa shape index (κ3) is 2.57. The van der Waals surface area contributed by atoms with E-state index in [1.807, 2.05) is 13.0 Å². The summed E-state index contributed by atoms with van der Waals surface area (Å²) in [5.41, 5.74) is 8.14. The van der Waals surface area contributed by atoms with Crippen LogP contribution in [0.25, 0.3) is 17.1 Å². The van der Waals surface area contributed by atoms with Crippen molar-refractivity contribution in [1.29, 1.82) is 0 Å². The molecule has 1 aromatic heterocycles. The van der Waals surface area contributed by atoms with Crippen LogP contribution in [-0.4, -0.2) is 20.2 Å². The van der Waals surface area contributed by atoms with Crippen LogP contribution in [0.2, 0.25) is 5.02 Å². The molecule has 0 atom stereocenters. The predicted octanol–water partition coefficient (Wildman–Crippen LogP) is 3.01. The maximum absolute atomic E-state index is 13.5. The fourth-order valence-electron chi connectivity index (χ4n) is 2.08. The van der Waals surface area contributed by atoms with E-state index in [1.54, 1.807) is 18.2 Å². The average Bonchev–Trinajstić information content (AvgIpc) is 2.89. The second-order valence-corrected chi connectivity index (χ2v) is 5.05. The molecule has 0 saturated carbocycles. The Morgan fingerprint density at radius 2 is 2.00 bits per heavy atom. The minimum atomic E-state index is -0.442. The zero-order chi connectivity index (χ0) is 15.0. The van der Waals surface area contributed by atoms with E-state index in [0.717, 1.165) is 11.3 Å². The van der Waals surface area contributed by atoms with Gasteiger partial charge in [0.05, 0.1) is 5.69 Å². The number of hydrogen-bond acceptors (Lipinski definition) is 4. The molecule has 0 spiro atoms. The molecular weight excluding hydrogens is 293 g/mol. The van der Waals surface area contributed by atoms with Gasteiger partial charge in [0.25, 0.3) is 0 Å². The molecule has 2 N–H and O–H groups in total. The molecule has 1 heterocycles. The zero-order valence-corrected chi connectivity index (χ0v) is 11.8. The number of aryl methyl sites for hydroxylation is 1. The summed E-state index contributed by atoms with van der Waals surface area (Å²) in [5, 5.41) is 12.1. The van der Waals surface area contributed by atoms with Gasteiger partial charge in [-0.25, -0.2) is 4.39 Å². The summed E-state index contributed by atoms with van der Waals surface area (Å²) < 4.78 is 15.0. The van der Waals surface area contributed by atoms with Crippen molar-refractivity contribution in [3.8, 4) is 17.1 Å². The van der Waals surface area contributed by atoms with Gasteiger partial charge in [0.15, 0.2) is 5.82 Å². The fraction of sp³-hybridized carbons (Fsp3) is 0.0714. The molecule has 7 heteroatoms. The van der Waals surface area contributed by atoms with Gasteiger partial charge < -0.3 is 5.73 Å². The van der Waals surface area contributed by atoms with E-state index in [9.17, 15) is 4.39 Å². The molecule has 5 nitrogen and oxygen atoms in total. The van der Waals surface area contributed by atoms with Gasteiger partial charge in [0, 0.05) is 16.3 Å². The first-order valence-corrected chi connectivity index (χ1v) is 6.54. The molecule has 2 aromatic carbocycles. The smallest absolute Gasteiger partial charge is 0.187 e. The Labute approximate surface area is 125 Å². The number of anilines is 1. The lowest BCUT2D eigenvalue weighted by Crippen LogP contribution is -2.02. The van der Waals surface area contributed by atoms with Crippen molar-refractivity contribution in [3.05, 3.63) is 52.8 Å². The summed E-state index contributed by atoms with van der Waals surface area (Å²) in [6.07, 6.45) is 0. The van der Waals surface area contributed by atoms with Crippen LogP contribution in [0.4, 0.5) is 10.1 Å². The number of nitrogens with zero attached hydrogens (tertiary/aromatic N) is 4. The molecule has 0 aliphatic rings. The highest BCUT2D eigenvalue weighted by Gasteiger charge is 2.14. The molecule has 3 rings (SSSR count). The van der Waals surface area contributed by atoms with Crippen molar-refractivity contribution < 1.29 is 4.39 Å². The summed E-state index contributed by atoms with van der Waals surface area (Å²) in [4.78, 5) is 0. The molecule has 0 aliphatic carbocycles. The quantitative estimate of drug-likeness (QED) is 0.739. The van der Waals surface area contributed by atoms with Crippen LogP contribution in [0.5, 0.6) is 0 Å². The first kappa shape index (κ1) is 13.5. The number of nitrogen functional groups attached to an aromatic ring is 1. The van der Waals surface area contributed by atoms with Crippen LogP contribution in [0.15, 0.2) is 36.4 Å². The Kier molecular flexibility index (Phi) is 3.31. The molecule has 0 fully saturated rings. The second kappa shape index (κ2) is 5.14. The number of halogens is 2. The van der Waals surface area contributed by atoms with E-state index in [2.05, 4.69) is 15.5 Å². The third-order valence-corrected chi connectivity index (χ3v) is 3.28. The highest BCUT2D eigenvalue weighted by atomic mass is 35.5. The largest absolute Gasteiger partial charge is 0.399 e. The Morgan fingerprint density at radius 3 is 2.76 bits per heavy atom. The molecule has 0 amide bonds. The molecule has 3 aromatic rings. The highest BCUT2D eigenvalue weighted by Crippen LogP contribution is 2.25. The SMILES string of the molecule is Cc1ccc(Cl)cc1-n1nnnc1-c1cc(N)cc(F)c1. The van der Waals surface area contributed by atoms with Gasteiger partial charge in [-0.2, -0.15) is 4.68 Å². The molecule has 106 valence electrons. The molecular formula is C14H11ClFN5. The molecule has 21 heavy (non-hydrogen) atoms. The van der Waals surface area contributed by atoms with Crippen LogP contribution in [0.1, 0.15) is 5.56 Å². The lowest BCUT2D eigenvalue weighted by Gasteiger charge is -2.09. The van der Waals surface area contributed by atoms with Crippen molar-refractivity contribution in [2.75, 3.05) is 5.73 Å². The van der Waals surface area contributed by atoms with Crippen molar-refractivity contribution in [2.24, 2.45) is 0 Å². The van der Waals surface area contributed by atoms with Gasteiger partial charge in [-0.3, -0.25) is 0 Å². The van der Waals surface area contributed by atoms with E-state index in [1.165, 1.54) is 16.8 Å². The fourth-order valence-corrected chi connectivity index (χ4v) is 2.25. The number of nitrogens with two attached hydrogens (primary N) is 1. The van der Waals surface area contributed by atoms with Crippen LogP contribution in [0, 0.1) is 12.7 Å². The second-order valence-electron chi connectivity index (χ2n) is 4.62. The number of aromatic nitrogens is 4. The van der Waals surface area contributed by atoms with Crippen LogP contribution in [0.3, 0.4) is 0 Å². The molecule has 0 aliphatic heterocycles. The molecule has 0 unspecified atom stereocenters. The van der Waals surface area contributed by atoms with Gasteiger partial charge in [-0.1, -0.05) is 17.7 Å². The highest BCUT2D eigenvalue weighted by molar-refractivity contribution is 6.30. The summed E-state index contributed by atoms with van der Waals surface area (Å²) in [7, 11) is 0. The van der Waals surface area contributed by atoms with Gasteiger partial charge >= 0.3 is 0 Å². The first-order chi connectivity index (χ1) is 10.0. The summed E-state index contributed by atoms with van der Waals surface area (Å²) in [6.45, 7) is 1.91. The molecule has 0 saturated heterocycles. The van der Waals surface area contributed by atoms with Gasteiger partial charge in [0.2, 0.25) is 0 Å². The zero-order valence-electron chi connectivity index (χ0n) is 11.1. The third-order valence-electron chi connectivity index (χ3n) is 3.05. The van der Waals surface area contributed by atoms with Crippen molar-refractivity contribution >= 4 is 17.3 Å². The average molecular weight is 304 g/mol. The maximum Gasteiger partial charge on any atom is 0.187 e. The Balaban J connectivity index is 2.19. The first-order valence-electron chi connectivity index (χ1n) is 6.16. The molecule has 0 radical (unpaired) electrons. The van der Waals surface area contributed by atoms with Gasteiger partial charge in [-0.05, 0) is 53.2 Å². The van der Waals surface area contributed by atoms with E-state index in [-0.39, 0.29) is 0 Å². The number of benzene rings is 2. The topological polar surface area (TPSA) is 69.6 Å². The summed E-state index contributed by atoms with van der Waals surface area (Å²) in [6, 6.07) is 9.58. The Morgan fingerprint density at radius 1 is 1.19 bits per heavy atom. The number of tetrazole rings is 1. The van der Waals surface area contributed by atoms with Crippen LogP contribution >= 0.6 is 11.6 Å². The van der Waals surface area contributed by atoms with Crippen molar-refractivity contribution in [1.82, 2.24) is 20.2 Å². The van der Waals surface area contributed by atoms with Crippen LogP contribution in [-0.2, 0) is 0 Å². The summed E-state index contributed by atoms with van der Waals surface area (Å²) >= 11 is 6.02. The van der Waals surface area contributed by atoms with E-state index >= 15 is 0 Å². The van der Waals surface area contributed by atoms with Crippen molar-refractivity contribution in [3.63, 3.8) is 0 Å². The predicted molar refractivity (Wildman–Crippen MR) is 78.7 cm³/mol. The monoisotopic (exact) mass is 303 g/mol. The van der Waals surface area contributed by atoms with E-state index < -0.39 is 5.82 Å². The van der Waals surface area contributed by atoms with E-state index in [0.29, 0.717) is 22.1 Å². The molecule has 0 bridgehead atoms. The Hall–Kier alpha value is -2.47. The van der Waals surface area contributed by atoms with Crippen LogP contribution < -0.4 is 5.73 Å². The van der Waals surface area contributed by atoms with Crippen molar-refractivity contribution in [2.45, 2.75) is 6.92 Å². The lowest BCUT2D eigenvalue weighted by atomic mass is 10.1. The minimum Gasteiger partial charge on any atom is -0.399 e. The standard InChI is InChI=1S/C14H11ClFN5/c1-8-2-3-10(15)6-13(8)21-14(18-19-20-21)9-4-11(16)7-12(17)5-9/h2-7H,17H2,1H3. The van der Waals surface area contributed by atoms with E-state index in [4.69, 9.17) is 17.3 Å². The maximum atomic E-state index is 13.5. The summed E-state index contributed by atoms with van der Waals surface area (Å²) in [5.74, 6) is -0.0473. The van der Waals surface area contributed by atoms with Gasteiger partial charge in [0.1, 0.15) is 5.82 Å².